The van der Waals surface area contributed by atoms with Crippen molar-refractivity contribution in [1.82, 2.24) is 0 Å². The van der Waals surface area contributed by atoms with Gasteiger partial charge in [-0.25, -0.2) is 9.18 Å². The molecule has 6 heteroatoms. The lowest BCUT2D eigenvalue weighted by Gasteiger charge is -2.09. The van der Waals surface area contributed by atoms with E-state index in [2.05, 4.69) is 5.32 Å². The Morgan fingerprint density at radius 3 is 2.43 bits per heavy atom. The summed E-state index contributed by atoms with van der Waals surface area (Å²) in [6, 6.07) is 7.62. The first kappa shape index (κ1) is 14.5. The van der Waals surface area contributed by atoms with Gasteiger partial charge in [0, 0.05) is 0 Å². The number of phenols is 1. The minimum Gasteiger partial charge on any atom is -0.506 e. The lowest BCUT2D eigenvalue weighted by atomic mass is 10.1. The second-order valence-corrected chi connectivity index (χ2v) is 4.47. The predicted molar refractivity (Wildman–Crippen MR) is 74.2 cm³/mol. The molecule has 21 heavy (non-hydrogen) atoms. The molecule has 3 N–H and O–H groups in total. The molecule has 0 saturated carbocycles. The molecule has 0 aromatic heterocycles. The number of benzene rings is 2. The third-order valence-corrected chi connectivity index (χ3v) is 2.86. The van der Waals surface area contributed by atoms with Gasteiger partial charge in [0.2, 0.25) is 0 Å². The van der Waals surface area contributed by atoms with Crippen molar-refractivity contribution < 1.29 is 24.2 Å². The number of carboxylic acids is 1. The fraction of sp³-hybridized carbons (Fsp3) is 0.0667. The zero-order chi connectivity index (χ0) is 15.6. The first-order valence-corrected chi connectivity index (χ1v) is 6.02. The van der Waals surface area contributed by atoms with Crippen LogP contribution in [-0.2, 0) is 0 Å². The summed E-state index contributed by atoms with van der Waals surface area (Å²) in [5.41, 5.74) is 0.400. The van der Waals surface area contributed by atoms with Gasteiger partial charge in [-0.15, -0.1) is 0 Å². The van der Waals surface area contributed by atoms with Crippen molar-refractivity contribution >= 4 is 17.6 Å². The number of carbonyl (C=O) groups excluding carboxylic acids is 1. The highest BCUT2D eigenvalue weighted by molar-refractivity contribution is 6.05. The lowest BCUT2D eigenvalue weighted by Crippen LogP contribution is -2.14. The number of phenolic OH excluding ortho intramolecular Hbond substituents is 1. The summed E-state index contributed by atoms with van der Waals surface area (Å²) in [5.74, 6) is -3.01. The SMILES string of the molecule is Cc1ccc(C(=O)Nc2ccc(C(=O)O)cc2O)c(F)c1. The van der Waals surface area contributed by atoms with Crippen molar-refractivity contribution in [1.29, 1.82) is 0 Å². The van der Waals surface area contributed by atoms with Crippen LogP contribution in [0.4, 0.5) is 10.1 Å². The van der Waals surface area contributed by atoms with Crippen LogP contribution in [0.25, 0.3) is 0 Å². The van der Waals surface area contributed by atoms with Crippen LogP contribution < -0.4 is 5.32 Å². The highest BCUT2D eigenvalue weighted by atomic mass is 19.1. The average molecular weight is 289 g/mol. The van der Waals surface area contributed by atoms with E-state index in [0.29, 0.717) is 5.56 Å². The van der Waals surface area contributed by atoms with Gasteiger partial charge in [-0.3, -0.25) is 4.79 Å². The normalized spacial score (nSPS) is 10.2. The van der Waals surface area contributed by atoms with Crippen LogP contribution in [0.3, 0.4) is 0 Å². The molecule has 0 spiro atoms. The summed E-state index contributed by atoms with van der Waals surface area (Å²) < 4.78 is 13.7. The molecule has 0 aliphatic heterocycles. The Morgan fingerprint density at radius 1 is 1.14 bits per heavy atom. The number of nitrogens with one attached hydrogen (secondary N) is 1. The number of hydrogen-bond acceptors (Lipinski definition) is 3. The number of aryl methyl sites for hydroxylation is 1. The fourth-order valence-electron chi connectivity index (χ4n) is 1.76. The summed E-state index contributed by atoms with van der Waals surface area (Å²) in [4.78, 5) is 22.7. The van der Waals surface area contributed by atoms with Crippen LogP contribution in [0.1, 0.15) is 26.3 Å². The van der Waals surface area contributed by atoms with Crippen molar-refractivity contribution in [2.75, 3.05) is 5.32 Å². The van der Waals surface area contributed by atoms with E-state index in [4.69, 9.17) is 5.11 Å². The fourth-order valence-corrected chi connectivity index (χ4v) is 1.76. The Labute approximate surface area is 119 Å². The van der Waals surface area contributed by atoms with Crippen LogP contribution in [0.5, 0.6) is 5.75 Å². The Hall–Kier alpha value is -2.89. The largest absolute Gasteiger partial charge is 0.506 e. The van der Waals surface area contributed by atoms with Gasteiger partial charge < -0.3 is 15.5 Å². The van der Waals surface area contributed by atoms with Crippen molar-refractivity contribution in [3.8, 4) is 5.75 Å². The van der Waals surface area contributed by atoms with Gasteiger partial charge in [0.15, 0.2) is 0 Å². The summed E-state index contributed by atoms with van der Waals surface area (Å²) in [5, 5.41) is 20.8. The number of amides is 1. The van der Waals surface area contributed by atoms with Gasteiger partial charge in [-0.2, -0.15) is 0 Å². The molecule has 0 heterocycles. The summed E-state index contributed by atoms with van der Waals surface area (Å²) >= 11 is 0. The zero-order valence-corrected chi connectivity index (χ0v) is 11.1. The first-order chi connectivity index (χ1) is 9.88. The van der Waals surface area contributed by atoms with Gasteiger partial charge in [-0.05, 0) is 42.8 Å². The van der Waals surface area contributed by atoms with E-state index >= 15 is 0 Å². The maximum absolute atomic E-state index is 13.7. The summed E-state index contributed by atoms with van der Waals surface area (Å²) in [6.45, 7) is 1.70. The molecule has 0 aliphatic rings. The molecule has 1 amide bonds. The molecule has 0 saturated heterocycles. The van der Waals surface area contributed by atoms with E-state index in [1.54, 1.807) is 13.0 Å². The van der Waals surface area contributed by atoms with Crippen LogP contribution in [0, 0.1) is 12.7 Å². The number of aromatic hydroxyl groups is 1. The highest BCUT2D eigenvalue weighted by Gasteiger charge is 2.14. The molecule has 108 valence electrons. The van der Waals surface area contributed by atoms with Crippen molar-refractivity contribution in [3.05, 3.63) is 58.9 Å². The van der Waals surface area contributed by atoms with Gasteiger partial charge >= 0.3 is 5.97 Å². The standard InChI is InChI=1S/C15H12FNO4/c1-8-2-4-10(11(16)6-8)14(19)17-12-5-3-9(15(20)21)7-13(12)18/h2-7,18H,1H3,(H,17,19)(H,20,21). The summed E-state index contributed by atoms with van der Waals surface area (Å²) in [6.07, 6.45) is 0. The molecule has 2 aromatic carbocycles. The average Bonchev–Trinajstić information content (AvgIpc) is 2.40. The smallest absolute Gasteiger partial charge is 0.335 e. The summed E-state index contributed by atoms with van der Waals surface area (Å²) in [7, 11) is 0. The van der Waals surface area contributed by atoms with Crippen LogP contribution in [0.15, 0.2) is 36.4 Å². The molecule has 5 nitrogen and oxygen atoms in total. The number of halogens is 1. The number of rotatable bonds is 3. The van der Waals surface area contributed by atoms with E-state index in [0.717, 1.165) is 6.07 Å². The van der Waals surface area contributed by atoms with Crippen LogP contribution >= 0.6 is 0 Å². The minimum absolute atomic E-state index is 0.00461. The van der Waals surface area contributed by atoms with Crippen LogP contribution in [-0.4, -0.2) is 22.1 Å². The number of carboxylic acid groups (broad SMARTS) is 1. The van der Waals surface area contributed by atoms with Gasteiger partial charge in [0.1, 0.15) is 11.6 Å². The monoisotopic (exact) mass is 289 g/mol. The maximum Gasteiger partial charge on any atom is 0.335 e. The van der Waals surface area contributed by atoms with E-state index in [1.807, 2.05) is 0 Å². The quantitative estimate of drug-likeness (QED) is 0.758. The topological polar surface area (TPSA) is 86.6 Å². The molecule has 2 aromatic rings. The van der Waals surface area contributed by atoms with E-state index < -0.39 is 23.4 Å². The zero-order valence-electron chi connectivity index (χ0n) is 11.1. The molecule has 0 aliphatic carbocycles. The maximum atomic E-state index is 13.7. The highest BCUT2D eigenvalue weighted by Crippen LogP contribution is 2.25. The van der Waals surface area contributed by atoms with E-state index in [9.17, 15) is 19.1 Å². The molecule has 0 bridgehead atoms. The number of anilines is 1. The van der Waals surface area contributed by atoms with Gasteiger partial charge in [0.05, 0.1) is 16.8 Å². The van der Waals surface area contributed by atoms with Gasteiger partial charge in [0.25, 0.3) is 5.91 Å². The first-order valence-electron chi connectivity index (χ1n) is 6.02. The second-order valence-electron chi connectivity index (χ2n) is 4.47. The van der Waals surface area contributed by atoms with E-state index in [1.165, 1.54) is 24.3 Å². The Bertz CT molecular complexity index is 728. The van der Waals surface area contributed by atoms with Crippen molar-refractivity contribution in [2.24, 2.45) is 0 Å². The molecular formula is C15H12FNO4. The molecule has 0 fully saturated rings. The third kappa shape index (κ3) is 3.17. The van der Waals surface area contributed by atoms with Gasteiger partial charge in [-0.1, -0.05) is 6.07 Å². The number of hydrogen-bond donors (Lipinski definition) is 3. The second kappa shape index (κ2) is 5.62. The number of aromatic carboxylic acids is 1. The third-order valence-electron chi connectivity index (χ3n) is 2.86. The Balaban J connectivity index is 2.25. The molecule has 0 unspecified atom stereocenters. The van der Waals surface area contributed by atoms with Crippen LogP contribution in [0.2, 0.25) is 0 Å². The number of carbonyl (C=O) groups is 2. The Morgan fingerprint density at radius 2 is 1.86 bits per heavy atom. The van der Waals surface area contributed by atoms with Crippen molar-refractivity contribution in [2.45, 2.75) is 6.92 Å². The molecule has 2 rings (SSSR count). The Kier molecular flexibility index (Phi) is 3.89. The van der Waals surface area contributed by atoms with Crippen molar-refractivity contribution in [3.63, 3.8) is 0 Å². The minimum atomic E-state index is -1.20. The molecule has 0 atom stereocenters. The van der Waals surface area contributed by atoms with E-state index in [-0.39, 0.29) is 16.8 Å². The molecule has 0 radical (unpaired) electrons. The molecular weight excluding hydrogens is 277 g/mol. The predicted octanol–water partition coefficient (Wildman–Crippen LogP) is 2.79. The lowest BCUT2D eigenvalue weighted by molar-refractivity contribution is 0.0696.